The number of aromatic nitrogens is 3. The molecule has 2 aromatic heterocycles. The van der Waals surface area contributed by atoms with Crippen LogP contribution in [0.2, 0.25) is 0 Å². The third kappa shape index (κ3) is 4.06. The lowest BCUT2D eigenvalue weighted by Crippen LogP contribution is -2.38. The Balaban J connectivity index is 1.15. The fourth-order valence-corrected chi connectivity index (χ4v) is 8.39. The molecule has 3 aromatic carbocycles. The van der Waals surface area contributed by atoms with Crippen LogP contribution in [0.1, 0.15) is 58.9 Å². The Morgan fingerprint density at radius 1 is 1.07 bits per heavy atom. The highest BCUT2D eigenvalue weighted by atomic mass is 19.1. The summed E-state index contributed by atoms with van der Waals surface area (Å²) in [4.78, 5) is 33.1. The first kappa shape index (κ1) is 27.6. The summed E-state index contributed by atoms with van der Waals surface area (Å²) >= 11 is 0. The lowest BCUT2D eigenvalue weighted by Gasteiger charge is -2.27. The largest absolute Gasteiger partial charge is 0.494 e. The van der Waals surface area contributed by atoms with E-state index in [-0.39, 0.29) is 17.4 Å². The van der Waals surface area contributed by atoms with Crippen molar-refractivity contribution in [3.8, 4) is 28.4 Å². The molecular weight excluding hydrogens is 581 g/mol. The van der Waals surface area contributed by atoms with Gasteiger partial charge in [-0.15, -0.1) is 0 Å². The molecule has 0 spiro atoms. The number of hydrogen-bond donors (Lipinski definition) is 1. The highest BCUT2D eigenvalue weighted by molar-refractivity contribution is 6.01. The van der Waals surface area contributed by atoms with Crippen molar-refractivity contribution >= 4 is 33.8 Å². The van der Waals surface area contributed by atoms with E-state index in [0.29, 0.717) is 47.2 Å². The van der Waals surface area contributed by atoms with Crippen LogP contribution in [0.25, 0.3) is 44.6 Å². The predicted molar refractivity (Wildman–Crippen MR) is 174 cm³/mol. The standard InChI is InChI=1S/C37H36FN5O3/c1-19-23-8-9-29(19)43(18-23)37(45)25-12-28-34(32(15-25)46-3)41(2)35(40-28)31-14-22-7-6-21(13-30(22)42(31)17-20-4-5-20)24-10-26-16-39-36(44)33(26)27(38)11-24/h6-7,10-15,19-20,23,29H,4-5,8-9,16-18H2,1-3H3,(H,39,44)/t19-,23?,29?/m1/s1. The molecule has 234 valence electrons. The lowest BCUT2D eigenvalue weighted by atomic mass is 9.99. The molecule has 9 rings (SSSR count). The Bertz CT molecular complexity index is 2120. The maximum absolute atomic E-state index is 15.0. The van der Waals surface area contributed by atoms with Crippen molar-refractivity contribution in [2.75, 3.05) is 13.7 Å². The van der Waals surface area contributed by atoms with Crippen LogP contribution < -0.4 is 10.1 Å². The number of amides is 2. The van der Waals surface area contributed by atoms with Gasteiger partial charge in [-0.25, -0.2) is 9.37 Å². The number of likely N-dealkylation sites (tertiary alicyclic amines) is 1. The van der Waals surface area contributed by atoms with E-state index >= 15 is 4.39 Å². The monoisotopic (exact) mass is 617 g/mol. The minimum atomic E-state index is -0.491. The van der Waals surface area contributed by atoms with Crippen LogP contribution in [0.3, 0.4) is 0 Å². The molecule has 3 fully saturated rings. The Morgan fingerprint density at radius 3 is 2.65 bits per heavy atom. The van der Waals surface area contributed by atoms with E-state index in [4.69, 9.17) is 9.72 Å². The van der Waals surface area contributed by atoms with Crippen molar-refractivity contribution in [3.05, 3.63) is 71.0 Å². The van der Waals surface area contributed by atoms with E-state index < -0.39 is 5.82 Å². The van der Waals surface area contributed by atoms with Gasteiger partial charge in [-0.2, -0.15) is 0 Å². The number of piperidine rings is 1. The van der Waals surface area contributed by atoms with E-state index in [0.717, 1.165) is 64.1 Å². The summed E-state index contributed by atoms with van der Waals surface area (Å²) in [6, 6.07) is 15.9. The van der Waals surface area contributed by atoms with Gasteiger partial charge < -0.3 is 24.1 Å². The van der Waals surface area contributed by atoms with E-state index in [9.17, 15) is 9.59 Å². The lowest BCUT2D eigenvalue weighted by molar-refractivity contribution is 0.0695. The molecule has 8 nitrogen and oxygen atoms in total. The highest BCUT2D eigenvalue weighted by Crippen LogP contribution is 2.44. The zero-order chi connectivity index (χ0) is 31.4. The second kappa shape index (κ2) is 9.92. The second-order valence-corrected chi connectivity index (χ2v) is 13.8. The van der Waals surface area contributed by atoms with Gasteiger partial charge in [0.05, 0.1) is 23.9 Å². The quantitative estimate of drug-likeness (QED) is 0.235. The first-order valence-electron chi connectivity index (χ1n) is 16.4. The maximum atomic E-state index is 15.0. The molecule has 2 unspecified atom stereocenters. The summed E-state index contributed by atoms with van der Waals surface area (Å²) in [6.45, 7) is 4.30. The molecule has 3 atom stereocenters. The van der Waals surface area contributed by atoms with Crippen LogP contribution in [0.4, 0.5) is 4.39 Å². The van der Waals surface area contributed by atoms with Gasteiger partial charge in [-0.05, 0) is 96.5 Å². The summed E-state index contributed by atoms with van der Waals surface area (Å²) in [6.07, 6.45) is 4.67. The molecule has 2 amide bonds. The van der Waals surface area contributed by atoms with Crippen molar-refractivity contribution in [1.29, 1.82) is 0 Å². The van der Waals surface area contributed by atoms with Crippen LogP contribution in [-0.4, -0.2) is 50.5 Å². The number of nitrogens with zero attached hydrogens (tertiary/aromatic N) is 4. The van der Waals surface area contributed by atoms with Gasteiger partial charge in [0, 0.05) is 49.2 Å². The Kier molecular flexibility index (Phi) is 5.96. The van der Waals surface area contributed by atoms with Gasteiger partial charge >= 0.3 is 0 Å². The molecule has 2 saturated carbocycles. The number of nitrogens with one attached hydrogen (secondary N) is 1. The first-order valence-corrected chi connectivity index (χ1v) is 16.4. The Hall–Kier alpha value is -4.66. The highest BCUT2D eigenvalue weighted by Gasteiger charge is 2.46. The molecule has 9 heteroatoms. The van der Waals surface area contributed by atoms with Crippen LogP contribution in [0, 0.1) is 23.6 Å². The molecule has 1 saturated heterocycles. The zero-order valence-electron chi connectivity index (χ0n) is 26.3. The molecule has 5 aromatic rings. The van der Waals surface area contributed by atoms with Crippen molar-refractivity contribution in [2.45, 2.75) is 51.7 Å². The zero-order valence-corrected chi connectivity index (χ0v) is 26.3. The van der Waals surface area contributed by atoms with Crippen molar-refractivity contribution < 1.29 is 18.7 Å². The molecule has 46 heavy (non-hydrogen) atoms. The van der Waals surface area contributed by atoms with Crippen molar-refractivity contribution in [3.63, 3.8) is 0 Å². The van der Waals surface area contributed by atoms with Gasteiger partial charge in [-0.1, -0.05) is 19.1 Å². The van der Waals surface area contributed by atoms with Gasteiger partial charge in [0.2, 0.25) is 0 Å². The van der Waals surface area contributed by atoms with E-state index in [1.54, 1.807) is 7.11 Å². The smallest absolute Gasteiger partial charge is 0.254 e. The number of hydrogen-bond acceptors (Lipinski definition) is 4. The number of methoxy groups -OCH3 is 1. The third-order valence-electron chi connectivity index (χ3n) is 11.1. The SMILES string of the molecule is COc1cc(C(=O)N2CC3CCC2[C@@H]3C)cc2nc(-c3cc4ccc(-c5cc(F)c6c(c5)CNC6=O)cc4n3CC3CC3)n(C)c12. The number of imidazole rings is 1. The number of carbonyl (C=O) groups excluding carboxylic acids is 2. The predicted octanol–water partition coefficient (Wildman–Crippen LogP) is 6.53. The van der Waals surface area contributed by atoms with E-state index in [2.05, 4.69) is 44.5 Å². The van der Waals surface area contributed by atoms with E-state index in [1.165, 1.54) is 25.3 Å². The van der Waals surface area contributed by atoms with Crippen LogP contribution in [0.15, 0.2) is 48.5 Å². The molecule has 2 bridgehead atoms. The number of halogens is 1. The molecule has 4 aliphatic rings. The average Bonchev–Trinajstić information content (AvgIpc) is 3.27. The third-order valence-corrected chi connectivity index (χ3v) is 11.1. The maximum Gasteiger partial charge on any atom is 0.254 e. The van der Waals surface area contributed by atoms with Gasteiger partial charge in [0.15, 0.2) is 5.82 Å². The average molecular weight is 618 g/mol. The number of rotatable bonds is 6. The summed E-state index contributed by atoms with van der Waals surface area (Å²) in [5.41, 5.74) is 6.74. The topological polar surface area (TPSA) is 81.4 Å². The number of fused-ring (bicyclic) bond motifs is 5. The van der Waals surface area contributed by atoms with E-state index in [1.807, 2.05) is 31.3 Å². The van der Waals surface area contributed by atoms with Crippen molar-refractivity contribution in [1.82, 2.24) is 24.3 Å². The first-order chi connectivity index (χ1) is 22.3. The summed E-state index contributed by atoms with van der Waals surface area (Å²) in [7, 11) is 3.65. The molecule has 0 radical (unpaired) electrons. The number of ether oxygens (including phenoxy) is 1. The minimum absolute atomic E-state index is 0.0602. The normalized spacial score (nSPS) is 21.9. The van der Waals surface area contributed by atoms with Gasteiger partial charge in [-0.3, -0.25) is 9.59 Å². The number of aryl methyl sites for hydroxylation is 1. The Labute approximate surface area is 266 Å². The van der Waals surface area contributed by atoms with Crippen LogP contribution >= 0.6 is 0 Å². The molecule has 4 heterocycles. The van der Waals surface area contributed by atoms with Crippen LogP contribution in [-0.2, 0) is 20.1 Å². The number of carbonyl (C=O) groups is 2. The molecule has 2 aliphatic carbocycles. The summed E-state index contributed by atoms with van der Waals surface area (Å²) < 4.78 is 25.3. The van der Waals surface area contributed by atoms with Crippen LogP contribution in [0.5, 0.6) is 5.75 Å². The minimum Gasteiger partial charge on any atom is -0.494 e. The van der Waals surface area contributed by atoms with Gasteiger partial charge in [0.1, 0.15) is 17.1 Å². The number of benzene rings is 3. The second-order valence-electron chi connectivity index (χ2n) is 13.8. The molecule has 2 aliphatic heterocycles. The van der Waals surface area contributed by atoms with Crippen molar-refractivity contribution in [2.24, 2.45) is 24.8 Å². The summed E-state index contributed by atoms with van der Waals surface area (Å²) in [5, 5.41) is 3.80. The molecular formula is C37H36FN5O3. The molecule has 1 N–H and O–H groups in total. The van der Waals surface area contributed by atoms with Gasteiger partial charge in [0.25, 0.3) is 11.8 Å². The summed E-state index contributed by atoms with van der Waals surface area (Å²) in [5.74, 6) is 2.40. The fourth-order valence-electron chi connectivity index (χ4n) is 8.39. The fraction of sp³-hybridized carbons (Fsp3) is 0.378. The Morgan fingerprint density at radius 2 is 1.91 bits per heavy atom.